The molecule has 1 aromatic rings. The molecule has 3 atom stereocenters. The van der Waals surface area contributed by atoms with Crippen LogP contribution in [0.3, 0.4) is 0 Å². The SMILES string of the molecule is CCOC(=O)C1C(c2cccc(Br)c2)C2=C(CCC2=O)OC1(O)C(F)(F)F. The van der Waals surface area contributed by atoms with E-state index in [1.54, 1.807) is 12.1 Å². The van der Waals surface area contributed by atoms with Gasteiger partial charge in [-0.05, 0) is 24.6 Å². The molecule has 0 saturated carbocycles. The highest BCUT2D eigenvalue weighted by molar-refractivity contribution is 9.10. The second kappa shape index (κ2) is 6.94. The van der Waals surface area contributed by atoms with Crippen LogP contribution < -0.4 is 0 Å². The first-order valence-corrected chi connectivity index (χ1v) is 9.06. The van der Waals surface area contributed by atoms with Gasteiger partial charge in [-0.25, -0.2) is 0 Å². The van der Waals surface area contributed by atoms with E-state index in [1.165, 1.54) is 19.1 Å². The van der Waals surface area contributed by atoms with E-state index in [9.17, 15) is 27.9 Å². The average molecular weight is 449 g/mol. The predicted molar refractivity (Wildman–Crippen MR) is 90.4 cm³/mol. The molecule has 1 heterocycles. The first-order valence-electron chi connectivity index (χ1n) is 8.26. The molecule has 146 valence electrons. The Labute approximate surface area is 161 Å². The van der Waals surface area contributed by atoms with Gasteiger partial charge in [0.1, 0.15) is 11.7 Å². The predicted octanol–water partition coefficient (Wildman–Crippen LogP) is 3.61. The fourth-order valence-electron chi connectivity index (χ4n) is 3.57. The van der Waals surface area contributed by atoms with Gasteiger partial charge in [0.25, 0.3) is 0 Å². The number of alkyl halides is 3. The van der Waals surface area contributed by atoms with E-state index >= 15 is 0 Å². The molecule has 0 amide bonds. The van der Waals surface area contributed by atoms with Crippen molar-refractivity contribution in [1.82, 2.24) is 0 Å². The van der Waals surface area contributed by atoms with E-state index in [1.807, 2.05) is 0 Å². The van der Waals surface area contributed by atoms with E-state index in [4.69, 9.17) is 9.47 Å². The molecule has 0 aromatic heterocycles. The molecule has 2 aliphatic rings. The number of Topliss-reactive ketones (excluding diaryl/α,β-unsaturated/α-hetero) is 1. The van der Waals surface area contributed by atoms with Crippen LogP contribution in [-0.2, 0) is 19.1 Å². The van der Waals surface area contributed by atoms with Crippen molar-refractivity contribution in [3.05, 3.63) is 45.6 Å². The first-order chi connectivity index (χ1) is 12.6. The maximum atomic E-state index is 13.8. The summed E-state index contributed by atoms with van der Waals surface area (Å²) in [5.74, 6) is -9.23. The van der Waals surface area contributed by atoms with Gasteiger partial charge in [-0.15, -0.1) is 0 Å². The molecule has 0 fully saturated rings. The number of rotatable bonds is 3. The molecule has 0 saturated heterocycles. The van der Waals surface area contributed by atoms with Crippen molar-refractivity contribution in [2.24, 2.45) is 5.92 Å². The maximum absolute atomic E-state index is 13.8. The lowest BCUT2D eigenvalue weighted by Gasteiger charge is -2.43. The Balaban J connectivity index is 2.26. The van der Waals surface area contributed by atoms with Gasteiger partial charge in [0, 0.05) is 28.8 Å². The largest absolute Gasteiger partial charge is 0.466 e. The van der Waals surface area contributed by atoms with Crippen LogP contribution in [0.1, 0.15) is 31.2 Å². The summed E-state index contributed by atoms with van der Waals surface area (Å²) in [6, 6.07) is 6.24. The number of benzene rings is 1. The lowest BCUT2D eigenvalue weighted by molar-refractivity contribution is -0.377. The topological polar surface area (TPSA) is 72.8 Å². The summed E-state index contributed by atoms with van der Waals surface area (Å²) in [5.41, 5.74) is 0.260. The van der Waals surface area contributed by atoms with Crippen molar-refractivity contribution >= 4 is 27.7 Å². The van der Waals surface area contributed by atoms with Gasteiger partial charge >= 0.3 is 17.9 Å². The summed E-state index contributed by atoms with van der Waals surface area (Å²) in [4.78, 5) is 24.9. The second-order valence-corrected chi connectivity index (χ2v) is 7.23. The third-order valence-corrected chi connectivity index (χ3v) is 5.17. The Morgan fingerprint density at radius 3 is 2.70 bits per heavy atom. The number of allylic oxidation sites excluding steroid dienone is 2. The van der Waals surface area contributed by atoms with Gasteiger partial charge in [0.05, 0.1) is 6.61 Å². The third-order valence-electron chi connectivity index (χ3n) is 4.68. The number of aliphatic hydroxyl groups is 1. The van der Waals surface area contributed by atoms with E-state index in [0.29, 0.717) is 4.47 Å². The quantitative estimate of drug-likeness (QED) is 0.715. The normalized spacial score (nSPS) is 28.0. The maximum Gasteiger partial charge on any atom is 0.456 e. The molecule has 0 bridgehead atoms. The molecule has 1 N–H and O–H groups in total. The molecule has 5 nitrogen and oxygen atoms in total. The number of halogens is 4. The zero-order valence-corrected chi connectivity index (χ0v) is 15.8. The van der Waals surface area contributed by atoms with Gasteiger partial charge in [0.15, 0.2) is 5.78 Å². The minimum atomic E-state index is -5.28. The zero-order chi connectivity index (χ0) is 20.0. The number of esters is 1. The Kier molecular flexibility index (Phi) is 5.11. The monoisotopic (exact) mass is 448 g/mol. The molecule has 1 aromatic carbocycles. The first kappa shape index (κ1) is 19.9. The van der Waals surface area contributed by atoms with Gasteiger partial charge in [-0.1, -0.05) is 28.1 Å². The van der Waals surface area contributed by atoms with Crippen LogP contribution in [0.25, 0.3) is 0 Å². The molecule has 0 spiro atoms. The van der Waals surface area contributed by atoms with Crippen LogP contribution in [0.2, 0.25) is 0 Å². The lowest BCUT2D eigenvalue weighted by atomic mass is 9.73. The highest BCUT2D eigenvalue weighted by Gasteiger charge is 2.70. The van der Waals surface area contributed by atoms with Gasteiger partial charge in [-0.2, -0.15) is 13.2 Å². The zero-order valence-electron chi connectivity index (χ0n) is 14.2. The summed E-state index contributed by atoms with van der Waals surface area (Å²) in [5, 5.41) is 10.5. The number of hydrogen-bond acceptors (Lipinski definition) is 5. The van der Waals surface area contributed by atoms with Crippen molar-refractivity contribution < 1.29 is 37.3 Å². The van der Waals surface area contributed by atoms with E-state index in [0.717, 1.165) is 0 Å². The Morgan fingerprint density at radius 2 is 2.11 bits per heavy atom. The lowest BCUT2D eigenvalue weighted by Crippen LogP contribution is -2.60. The molecule has 27 heavy (non-hydrogen) atoms. The van der Waals surface area contributed by atoms with E-state index in [2.05, 4.69) is 15.9 Å². The molecule has 3 unspecified atom stereocenters. The van der Waals surface area contributed by atoms with Crippen molar-refractivity contribution in [3.8, 4) is 0 Å². The van der Waals surface area contributed by atoms with Crippen LogP contribution in [-0.4, -0.2) is 35.4 Å². The Hall–Kier alpha value is -1.87. The van der Waals surface area contributed by atoms with Crippen molar-refractivity contribution in [1.29, 1.82) is 0 Å². The highest BCUT2D eigenvalue weighted by Crippen LogP contribution is 2.54. The van der Waals surface area contributed by atoms with Gasteiger partial charge < -0.3 is 14.6 Å². The summed E-state index contributed by atoms with van der Waals surface area (Å²) >= 11 is 3.24. The summed E-state index contributed by atoms with van der Waals surface area (Å²) in [6.07, 6.45) is -5.38. The minimum absolute atomic E-state index is 0.0138. The second-order valence-electron chi connectivity index (χ2n) is 6.32. The van der Waals surface area contributed by atoms with Crippen LogP contribution in [0, 0.1) is 5.92 Å². The smallest absolute Gasteiger partial charge is 0.456 e. The van der Waals surface area contributed by atoms with E-state index < -0.39 is 35.6 Å². The Bertz CT molecular complexity index is 819. The van der Waals surface area contributed by atoms with Crippen molar-refractivity contribution in [3.63, 3.8) is 0 Å². The average Bonchev–Trinajstić information content (AvgIpc) is 2.93. The number of carbonyl (C=O) groups is 2. The number of hydrogen-bond donors (Lipinski definition) is 1. The molecular weight excluding hydrogens is 433 g/mol. The Morgan fingerprint density at radius 1 is 1.41 bits per heavy atom. The van der Waals surface area contributed by atoms with Crippen molar-refractivity contribution in [2.75, 3.05) is 6.61 Å². The van der Waals surface area contributed by atoms with Crippen LogP contribution in [0.5, 0.6) is 0 Å². The van der Waals surface area contributed by atoms with E-state index in [-0.39, 0.29) is 36.3 Å². The fourth-order valence-corrected chi connectivity index (χ4v) is 3.99. The molecule has 9 heteroatoms. The van der Waals surface area contributed by atoms with Crippen LogP contribution in [0.4, 0.5) is 13.2 Å². The van der Waals surface area contributed by atoms with Crippen LogP contribution in [0.15, 0.2) is 40.1 Å². The third kappa shape index (κ3) is 3.27. The standard InChI is InChI=1S/C18H16BrF3O5/c1-2-26-16(24)15-13(9-4-3-5-10(19)8-9)14-11(23)6-7-12(14)27-17(15,25)18(20,21)22/h3-5,8,13,15,25H,2,6-7H2,1H3. The van der Waals surface area contributed by atoms with Crippen LogP contribution >= 0.6 is 15.9 Å². The summed E-state index contributed by atoms with van der Waals surface area (Å²) in [6.45, 7) is 1.25. The molecule has 1 aliphatic heterocycles. The van der Waals surface area contributed by atoms with Gasteiger partial charge in [-0.3, -0.25) is 9.59 Å². The van der Waals surface area contributed by atoms with Crippen molar-refractivity contribution in [2.45, 2.75) is 37.6 Å². The van der Waals surface area contributed by atoms with Gasteiger partial charge in [0.2, 0.25) is 0 Å². The number of ketones is 1. The molecule has 0 radical (unpaired) electrons. The highest BCUT2D eigenvalue weighted by atomic mass is 79.9. The fraction of sp³-hybridized carbons (Fsp3) is 0.444. The summed E-state index contributed by atoms with van der Waals surface area (Å²) < 4.78 is 51.6. The molecular formula is C18H16BrF3O5. The molecule has 3 rings (SSSR count). The summed E-state index contributed by atoms with van der Waals surface area (Å²) in [7, 11) is 0. The number of ether oxygens (including phenoxy) is 2. The number of carbonyl (C=O) groups excluding carboxylic acids is 2. The molecule has 1 aliphatic carbocycles. The minimum Gasteiger partial charge on any atom is -0.466 e.